The first-order valence-electron chi connectivity index (χ1n) is 6.22. The van der Waals surface area contributed by atoms with Crippen molar-refractivity contribution >= 4 is 11.9 Å². The van der Waals surface area contributed by atoms with Gasteiger partial charge < -0.3 is 16.0 Å². The van der Waals surface area contributed by atoms with Crippen LogP contribution in [0.2, 0.25) is 0 Å². The Morgan fingerprint density at radius 2 is 1.88 bits per heavy atom. The number of aliphatic imine (C=N–C) groups is 1. The maximum Gasteiger partial charge on any atom is 0.241 e. The smallest absolute Gasteiger partial charge is 0.241 e. The van der Waals surface area contributed by atoms with Gasteiger partial charge in [0.25, 0.3) is 0 Å². The van der Waals surface area contributed by atoms with Gasteiger partial charge in [0.15, 0.2) is 5.96 Å². The molecular weight excluding hydrogens is 216 g/mol. The van der Waals surface area contributed by atoms with Gasteiger partial charge in [0, 0.05) is 19.1 Å². The zero-order chi connectivity index (χ0) is 12.5. The molecule has 0 heterocycles. The highest BCUT2D eigenvalue weighted by Gasteiger charge is 2.11. The summed E-state index contributed by atoms with van der Waals surface area (Å²) in [6.45, 7) is 5.51. The van der Waals surface area contributed by atoms with Crippen LogP contribution in [-0.2, 0) is 4.79 Å². The quantitative estimate of drug-likeness (QED) is 0.369. The topological polar surface area (TPSA) is 65.5 Å². The molecule has 96 valence electrons. The predicted octanol–water partition coefficient (Wildman–Crippen LogP) is 0.396. The summed E-state index contributed by atoms with van der Waals surface area (Å²) in [5.74, 6) is 0.668. The van der Waals surface area contributed by atoms with Crippen LogP contribution in [0.25, 0.3) is 0 Å². The van der Waals surface area contributed by atoms with Crippen LogP contribution in [-0.4, -0.2) is 37.5 Å². The van der Waals surface area contributed by atoms with Crippen LogP contribution >= 0.6 is 0 Å². The van der Waals surface area contributed by atoms with Crippen LogP contribution < -0.4 is 16.0 Å². The van der Waals surface area contributed by atoms with E-state index >= 15 is 0 Å². The normalized spacial score (nSPS) is 16.0. The minimum atomic E-state index is -0.0470. The van der Waals surface area contributed by atoms with Crippen LogP contribution in [0.4, 0.5) is 0 Å². The number of nitrogens with zero attached hydrogens (tertiary/aromatic N) is 1. The summed E-state index contributed by atoms with van der Waals surface area (Å²) in [6, 6.07) is 0.405. The van der Waals surface area contributed by atoms with Gasteiger partial charge in [0.05, 0.1) is 0 Å². The molecule has 3 N–H and O–H groups in total. The molecule has 0 spiro atoms. The number of hydrogen-bond acceptors (Lipinski definition) is 2. The fourth-order valence-corrected chi connectivity index (χ4v) is 1.65. The number of likely N-dealkylation sites (N-methyl/N-ethyl adjacent to an activating group) is 1. The van der Waals surface area contributed by atoms with Gasteiger partial charge in [0.1, 0.15) is 6.54 Å². The first-order valence-corrected chi connectivity index (χ1v) is 6.22. The average Bonchev–Trinajstić information content (AvgIpc) is 2.79. The molecule has 0 fully saturated rings. The van der Waals surface area contributed by atoms with E-state index in [2.05, 4.69) is 33.1 Å². The van der Waals surface area contributed by atoms with E-state index in [1.807, 2.05) is 13.8 Å². The number of nitrogens with one attached hydrogen (secondary N) is 3. The zero-order valence-electron chi connectivity index (χ0n) is 10.6. The third-order valence-corrected chi connectivity index (χ3v) is 2.45. The average molecular weight is 238 g/mol. The molecule has 1 amide bonds. The Morgan fingerprint density at radius 1 is 1.24 bits per heavy atom. The molecule has 1 rings (SSSR count). The summed E-state index contributed by atoms with van der Waals surface area (Å²) in [7, 11) is 0. The van der Waals surface area contributed by atoms with Crippen LogP contribution in [0.5, 0.6) is 0 Å². The van der Waals surface area contributed by atoms with Crippen LogP contribution in [0.3, 0.4) is 0 Å². The Morgan fingerprint density at radius 3 is 2.47 bits per heavy atom. The number of rotatable bonds is 5. The Balaban J connectivity index is 2.40. The molecule has 1 aliphatic rings. The van der Waals surface area contributed by atoms with Crippen molar-refractivity contribution in [1.82, 2.24) is 16.0 Å². The standard InChI is InChI=1S/C12H22N4O/c1-3-13-11(17)9-15-12(14-4-2)16-10-7-5-6-8-10/h5-6,10H,3-4,7-9H2,1-2H3,(H,13,17)(H2,14,15,16). The number of carbonyl (C=O) groups is 1. The number of hydrogen-bond donors (Lipinski definition) is 3. The van der Waals surface area contributed by atoms with Gasteiger partial charge in [0.2, 0.25) is 5.91 Å². The third kappa shape index (κ3) is 5.38. The van der Waals surface area contributed by atoms with Crippen molar-refractivity contribution in [3.63, 3.8) is 0 Å². The SMILES string of the molecule is CCNC(=O)CN=C(NCC)NC1CC=CC1. The van der Waals surface area contributed by atoms with E-state index in [0.29, 0.717) is 18.5 Å². The van der Waals surface area contributed by atoms with Crippen LogP contribution in [0, 0.1) is 0 Å². The highest BCUT2D eigenvalue weighted by Crippen LogP contribution is 2.08. The van der Waals surface area contributed by atoms with Crippen molar-refractivity contribution in [2.24, 2.45) is 4.99 Å². The number of carbonyl (C=O) groups excluding carboxylic acids is 1. The summed E-state index contributed by atoms with van der Waals surface area (Å²) in [5, 5.41) is 9.17. The van der Waals surface area contributed by atoms with Gasteiger partial charge in [-0.05, 0) is 26.7 Å². The van der Waals surface area contributed by atoms with Gasteiger partial charge >= 0.3 is 0 Å². The monoisotopic (exact) mass is 238 g/mol. The van der Waals surface area contributed by atoms with Crippen molar-refractivity contribution in [2.45, 2.75) is 32.7 Å². The van der Waals surface area contributed by atoms with Gasteiger partial charge in [-0.3, -0.25) is 4.79 Å². The van der Waals surface area contributed by atoms with Crippen molar-refractivity contribution in [2.75, 3.05) is 19.6 Å². The van der Waals surface area contributed by atoms with Crippen LogP contribution in [0.15, 0.2) is 17.1 Å². The number of guanidine groups is 1. The van der Waals surface area contributed by atoms with Crippen LogP contribution in [0.1, 0.15) is 26.7 Å². The highest BCUT2D eigenvalue weighted by atomic mass is 16.1. The first kappa shape index (κ1) is 13.5. The second kappa shape index (κ2) is 7.70. The van der Waals surface area contributed by atoms with E-state index < -0.39 is 0 Å². The lowest BCUT2D eigenvalue weighted by atomic mass is 10.2. The molecule has 0 bridgehead atoms. The molecule has 17 heavy (non-hydrogen) atoms. The molecule has 0 aromatic heterocycles. The summed E-state index contributed by atoms with van der Waals surface area (Å²) in [6.07, 6.45) is 6.35. The Hall–Kier alpha value is -1.52. The molecule has 0 saturated carbocycles. The fourth-order valence-electron chi connectivity index (χ4n) is 1.65. The van der Waals surface area contributed by atoms with E-state index in [1.165, 1.54) is 0 Å². The zero-order valence-corrected chi connectivity index (χ0v) is 10.6. The fraction of sp³-hybridized carbons (Fsp3) is 0.667. The maximum absolute atomic E-state index is 11.3. The molecule has 0 aliphatic heterocycles. The van der Waals surface area contributed by atoms with Crippen molar-refractivity contribution in [3.8, 4) is 0 Å². The predicted molar refractivity (Wildman–Crippen MR) is 70.0 cm³/mol. The molecular formula is C12H22N4O. The summed E-state index contributed by atoms with van der Waals surface area (Å²) in [4.78, 5) is 15.6. The molecule has 0 aromatic rings. The first-order chi connectivity index (χ1) is 8.26. The molecule has 0 aromatic carbocycles. The maximum atomic E-state index is 11.3. The Bertz CT molecular complexity index is 291. The van der Waals surface area contributed by atoms with E-state index in [0.717, 1.165) is 19.4 Å². The number of amides is 1. The van der Waals surface area contributed by atoms with Gasteiger partial charge in [-0.2, -0.15) is 0 Å². The molecule has 5 nitrogen and oxygen atoms in total. The molecule has 1 aliphatic carbocycles. The van der Waals surface area contributed by atoms with Crippen molar-refractivity contribution in [3.05, 3.63) is 12.2 Å². The Labute approximate surface area is 103 Å². The minimum absolute atomic E-state index is 0.0470. The summed E-state index contributed by atoms with van der Waals surface area (Å²) in [5.41, 5.74) is 0. The molecule has 5 heteroatoms. The minimum Gasteiger partial charge on any atom is -0.357 e. The lowest BCUT2D eigenvalue weighted by molar-refractivity contribution is -0.119. The Kier molecular flexibility index (Phi) is 6.14. The largest absolute Gasteiger partial charge is 0.357 e. The summed E-state index contributed by atoms with van der Waals surface area (Å²) >= 11 is 0. The second-order valence-corrected chi connectivity index (χ2v) is 3.93. The molecule has 0 saturated heterocycles. The highest BCUT2D eigenvalue weighted by molar-refractivity contribution is 5.85. The van der Waals surface area contributed by atoms with Gasteiger partial charge in [-0.1, -0.05) is 12.2 Å². The van der Waals surface area contributed by atoms with E-state index in [1.54, 1.807) is 0 Å². The molecule has 0 atom stereocenters. The molecule has 0 unspecified atom stereocenters. The molecule has 0 radical (unpaired) electrons. The second-order valence-electron chi connectivity index (χ2n) is 3.93. The van der Waals surface area contributed by atoms with Gasteiger partial charge in [-0.15, -0.1) is 0 Å². The van der Waals surface area contributed by atoms with Crippen molar-refractivity contribution < 1.29 is 4.79 Å². The van der Waals surface area contributed by atoms with Crippen molar-refractivity contribution in [1.29, 1.82) is 0 Å². The van der Waals surface area contributed by atoms with E-state index in [9.17, 15) is 4.79 Å². The third-order valence-electron chi connectivity index (χ3n) is 2.45. The van der Waals surface area contributed by atoms with E-state index in [4.69, 9.17) is 0 Å². The summed E-state index contributed by atoms with van der Waals surface area (Å²) < 4.78 is 0. The lowest BCUT2D eigenvalue weighted by Crippen LogP contribution is -2.43. The van der Waals surface area contributed by atoms with Gasteiger partial charge in [-0.25, -0.2) is 4.99 Å². The van der Waals surface area contributed by atoms with E-state index in [-0.39, 0.29) is 12.5 Å². The lowest BCUT2D eigenvalue weighted by Gasteiger charge is -2.16.